The van der Waals surface area contributed by atoms with Gasteiger partial charge in [0.2, 0.25) is 0 Å². The molecule has 2 atom stereocenters. The highest BCUT2D eigenvalue weighted by molar-refractivity contribution is 7.16. The van der Waals surface area contributed by atoms with Gasteiger partial charge in [-0.2, -0.15) is 0 Å². The van der Waals surface area contributed by atoms with Crippen LogP contribution < -0.4 is 0 Å². The van der Waals surface area contributed by atoms with Gasteiger partial charge in [0.05, 0.1) is 29.8 Å². The summed E-state index contributed by atoms with van der Waals surface area (Å²) in [5.41, 5.74) is 0. The molecule has 6 heteroatoms. The fraction of sp³-hybridized carbons (Fsp3) is 0.733. The number of aliphatic hydroxyl groups is 1. The Hall–Kier alpha value is -0.170. The molecule has 1 fully saturated rings. The van der Waals surface area contributed by atoms with Crippen LogP contribution in [0.4, 0.5) is 0 Å². The van der Waals surface area contributed by atoms with Crippen LogP contribution in [0.15, 0.2) is 12.1 Å². The number of rotatable bonds is 9. The Morgan fingerprint density at radius 3 is 3.05 bits per heavy atom. The van der Waals surface area contributed by atoms with Crippen molar-refractivity contribution in [3.63, 3.8) is 0 Å². The van der Waals surface area contributed by atoms with Gasteiger partial charge in [0.15, 0.2) is 0 Å². The van der Waals surface area contributed by atoms with Crippen molar-refractivity contribution in [1.82, 2.24) is 4.90 Å². The Kier molecular flexibility index (Phi) is 7.43. The Labute approximate surface area is 135 Å². The standard InChI is InChI=1S/C15H24ClNO3S/c1-2-17(9-14-5-6-15(16)21-14)8-12(18)10-19-11-13-4-3-7-20-13/h5-6,12-13,18H,2-4,7-11H2,1H3. The van der Waals surface area contributed by atoms with E-state index in [1.807, 2.05) is 12.1 Å². The lowest BCUT2D eigenvalue weighted by atomic mass is 10.2. The number of halogens is 1. The van der Waals surface area contributed by atoms with E-state index in [1.54, 1.807) is 11.3 Å². The highest BCUT2D eigenvalue weighted by atomic mass is 35.5. The summed E-state index contributed by atoms with van der Waals surface area (Å²) >= 11 is 7.53. The van der Waals surface area contributed by atoms with E-state index in [1.165, 1.54) is 4.88 Å². The molecule has 120 valence electrons. The SMILES string of the molecule is CCN(Cc1ccc(Cl)s1)CC(O)COCC1CCCO1. The minimum absolute atomic E-state index is 0.215. The summed E-state index contributed by atoms with van der Waals surface area (Å²) in [5.74, 6) is 0. The molecule has 0 amide bonds. The molecule has 0 radical (unpaired) electrons. The van der Waals surface area contributed by atoms with Gasteiger partial charge in [-0.3, -0.25) is 4.90 Å². The fourth-order valence-electron chi connectivity index (χ4n) is 2.42. The van der Waals surface area contributed by atoms with Crippen molar-refractivity contribution in [1.29, 1.82) is 0 Å². The van der Waals surface area contributed by atoms with Gasteiger partial charge in [-0.15, -0.1) is 11.3 Å². The molecule has 0 saturated carbocycles. The summed E-state index contributed by atoms with van der Waals surface area (Å²) in [7, 11) is 0. The molecule has 0 bridgehead atoms. The van der Waals surface area contributed by atoms with E-state index in [9.17, 15) is 5.11 Å². The van der Waals surface area contributed by atoms with E-state index in [2.05, 4.69) is 11.8 Å². The van der Waals surface area contributed by atoms with Crippen LogP contribution in [0.25, 0.3) is 0 Å². The molecular weight excluding hydrogens is 310 g/mol. The van der Waals surface area contributed by atoms with Crippen LogP contribution in [0.1, 0.15) is 24.6 Å². The van der Waals surface area contributed by atoms with Gasteiger partial charge in [0, 0.05) is 24.6 Å². The van der Waals surface area contributed by atoms with Crippen LogP contribution in [0, 0.1) is 0 Å². The quantitative estimate of drug-likeness (QED) is 0.754. The number of hydrogen-bond acceptors (Lipinski definition) is 5. The van der Waals surface area contributed by atoms with Gasteiger partial charge in [0.25, 0.3) is 0 Å². The predicted molar refractivity (Wildman–Crippen MR) is 86.1 cm³/mol. The van der Waals surface area contributed by atoms with Gasteiger partial charge in [-0.1, -0.05) is 18.5 Å². The number of likely N-dealkylation sites (N-methyl/N-ethyl adjacent to an activating group) is 1. The zero-order chi connectivity index (χ0) is 15.1. The number of nitrogens with zero attached hydrogens (tertiary/aromatic N) is 1. The van der Waals surface area contributed by atoms with Crippen LogP contribution >= 0.6 is 22.9 Å². The van der Waals surface area contributed by atoms with Gasteiger partial charge in [-0.25, -0.2) is 0 Å². The lowest BCUT2D eigenvalue weighted by Gasteiger charge is -2.23. The number of hydrogen-bond donors (Lipinski definition) is 1. The topological polar surface area (TPSA) is 41.9 Å². The Morgan fingerprint density at radius 2 is 2.43 bits per heavy atom. The van der Waals surface area contributed by atoms with Crippen molar-refractivity contribution in [2.75, 3.05) is 32.9 Å². The average Bonchev–Trinajstić information content (AvgIpc) is 3.10. The van der Waals surface area contributed by atoms with E-state index in [-0.39, 0.29) is 6.10 Å². The molecular formula is C15H24ClNO3S. The van der Waals surface area contributed by atoms with Crippen molar-refractivity contribution in [2.24, 2.45) is 0 Å². The van der Waals surface area contributed by atoms with Crippen LogP contribution in [-0.4, -0.2) is 55.1 Å². The smallest absolute Gasteiger partial charge is 0.0931 e. The molecule has 1 aromatic rings. The third kappa shape index (κ3) is 6.22. The van der Waals surface area contributed by atoms with E-state index in [0.29, 0.717) is 19.8 Å². The molecule has 1 aliphatic heterocycles. The molecule has 0 aliphatic carbocycles. The Morgan fingerprint density at radius 1 is 1.57 bits per heavy atom. The zero-order valence-corrected chi connectivity index (χ0v) is 14.0. The summed E-state index contributed by atoms with van der Waals surface area (Å²) in [6, 6.07) is 3.95. The lowest BCUT2D eigenvalue weighted by molar-refractivity contribution is -0.0253. The van der Waals surface area contributed by atoms with E-state index >= 15 is 0 Å². The van der Waals surface area contributed by atoms with Gasteiger partial charge < -0.3 is 14.6 Å². The first-order valence-electron chi connectivity index (χ1n) is 7.51. The molecule has 1 saturated heterocycles. The van der Waals surface area contributed by atoms with Gasteiger partial charge in [0.1, 0.15) is 0 Å². The van der Waals surface area contributed by atoms with Gasteiger partial charge in [-0.05, 0) is 31.5 Å². The molecule has 21 heavy (non-hydrogen) atoms. The van der Waals surface area contributed by atoms with Crippen LogP contribution in [0.5, 0.6) is 0 Å². The summed E-state index contributed by atoms with van der Waals surface area (Å²) in [6.45, 7) is 6.19. The molecule has 1 aliphatic rings. The van der Waals surface area contributed by atoms with Crippen molar-refractivity contribution in [3.8, 4) is 0 Å². The molecule has 2 heterocycles. The number of thiophene rings is 1. The third-order valence-corrected chi connectivity index (χ3v) is 4.78. The van der Waals surface area contributed by atoms with Crippen molar-refractivity contribution in [3.05, 3.63) is 21.3 Å². The minimum Gasteiger partial charge on any atom is -0.389 e. The van der Waals surface area contributed by atoms with Crippen molar-refractivity contribution in [2.45, 2.75) is 38.5 Å². The number of ether oxygens (including phenoxy) is 2. The summed E-state index contributed by atoms with van der Waals surface area (Å²) in [6.07, 6.45) is 1.93. The van der Waals surface area contributed by atoms with Crippen LogP contribution in [0.3, 0.4) is 0 Å². The zero-order valence-electron chi connectivity index (χ0n) is 12.5. The molecule has 2 unspecified atom stereocenters. The predicted octanol–water partition coefficient (Wildman–Crippen LogP) is 2.78. The van der Waals surface area contributed by atoms with Crippen LogP contribution in [-0.2, 0) is 16.0 Å². The maximum absolute atomic E-state index is 10.1. The molecule has 0 aromatic carbocycles. The first kappa shape index (κ1) is 17.2. The average molecular weight is 334 g/mol. The highest BCUT2D eigenvalue weighted by Gasteiger charge is 2.17. The van der Waals surface area contributed by atoms with E-state index in [0.717, 1.165) is 36.9 Å². The molecule has 1 N–H and O–H groups in total. The molecule has 2 rings (SSSR count). The highest BCUT2D eigenvalue weighted by Crippen LogP contribution is 2.22. The minimum atomic E-state index is -0.471. The second-order valence-corrected chi connectivity index (χ2v) is 7.16. The second-order valence-electron chi connectivity index (χ2n) is 5.36. The molecule has 4 nitrogen and oxygen atoms in total. The van der Waals surface area contributed by atoms with Crippen molar-refractivity contribution < 1.29 is 14.6 Å². The first-order valence-corrected chi connectivity index (χ1v) is 8.70. The first-order chi connectivity index (χ1) is 10.2. The summed E-state index contributed by atoms with van der Waals surface area (Å²) in [4.78, 5) is 3.41. The molecule has 0 spiro atoms. The fourth-order valence-corrected chi connectivity index (χ4v) is 3.55. The Bertz CT molecular complexity index is 409. The summed E-state index contributed by atoms with van der Waals surface area (Å²) < 4.78 is 11.9. The van der Waals surface area contributed by atoms with E-state index in [4.69, 9.17) is 21.1 Å². The van der Waals surface area contributed by atoms with Gasteiger partial charge >= 0.3 is 0 Å². The second kappa shape index (κ2) is 9.08. The Balaban J connectivity index is 1.65. The normalized spacial score (nSPS) is 20.3. The third-order valence-electron chi connectivity index (χ3n) is 3.56. The number of aliphatic hydroxyl groups excluding tert-OH is 1. The lowest BCUT2D eigenvalue weighted by Crippen LogP contribution is -2.35. The van der Waals surface area contributed by atoms with Crippen LogP contribution in [0.2, 0.25) is 4.34 Å². The monoisotopic (exact) mass is 333 g/mol. The van der Waals surface area contributed by atoms with E-state index < -0.39 is 6.10 Å². The maximum Gasteiger partial charge on any atom is 0.0931 e. The largest absolute Gasteiger partial charge is 0.389 e. The molecule has 1 aromatic heterocycles. The van der Waals surface area contributed by atoms with Crippen molar-refractivity contribution >= 4 is 22.9 Å². The maximum atomic E-state index is 10.1. The summed E-state index contributed by atoms with van der Waals surface area (Å²) in [5, 5.41) is 10.1.